The summed E-state index contributed by atoms with van der Waals surface area (Å²) in [7, 11) is 0. The van der Waals surface area contributed by atoms with Gasteiger partial charge in [-0.05, 0) is 24.3 Å². The third-order valence-corrected chi connectivity index (χ3v) is 5.90. The van der Waals surface area contributed by atoms with Crippen LogP contribution in [0.3, 0.4) is 0 Å². The smallest absolute Gasteiger partial charge is 0.289 e. The molecule has 2 amide bonds. The zero-order valence-electron chi connectivity index (χ0n) is 16.3. The molecule has 0 atom stereocenters. The molecule has 2 fully saturated rings. The normalized spacial score (nSPS) is 18.2. The zero-order chi connectivity index (χ0) is 20.2. The van der Waals surface area contributed by atoms with Crippen molar-refractivity contribution < 1.29 is 14.0 Å². The van der Waals surface area contributed by atoms with Crippen LogP contribution in [0, 0.1) is 0 Å². The third kappa shape index (κ3) is 4.57. The molecule has 3 heterocycles. The number of para-hydroxylation sites is 1. The Bertz CT molecular complexity index is 841. The highest BCUT2D eigenvalue weighted by atomic mass is 35.5. The summed E-state index contributed by atoms with van der Waals surface area (Å²) < 4.78 is 5.19. The highest BCUT2D eigenvalue weighted by Gasteiger charge is 2.27. The van der Waals surface area contributed by atoms with E-state index in [9.17, 15) is 9.59 Å². The van der Waals surface area contributed by atoms with E-state index in [0.717, 1.165) is 23.8 Å². The lowest BCUT2D eigenvalue weighted by atomic mass is 10.2. The van der Waals surface area contributed by atoms with E-state index in [-0.39, 0.29) is 11.8 Å². The number of anilines is 1. The molecule has 0 unspecified atom stereocenters. The Morgan fingerprint density at radius 3 is 2.21 bits per heavy atom. The SMILES string of the molecule is O=C(CN1CCN(C(=O)c2ccco2)CC1)N1CCN(c2ccccc2Cl)CC1. The molecule has 2 aromatic rings. The summed E-state index contributed by atoms with van der Waals surface area (Å²) in [6.45, 7) is 5.94. The second kappa shape index (κ2) is 8.88. The van der Waals surface area contributed by atoms with Gasteiger partial charge >= 0.3 is 0 Å². The van der Waals surface area contributed by atoms with Crippen LogP contribution in [0.25, 0.3) is 0 Å². The number of nitrogens with zero attached hydrogens (tertiary/aromatic N) is 4. The van der Waals surface area contributed by atoms with Crippen molar-refractivity contribution in [3.05, 3.63) is 53.4 Å². The average Bonchev–Trinajstić information content (AvgIpc) is 3.29. The number of halogens is 1. The van der Waals surface area contributed by atoms with Gasteiger partial charge in [-0.2, -0.15) is 0 Å². The topological polar surface area (TPSA) is 60.2 Å². The van der Waals surface area contributed by atoms with Crippen molar-refractivity contribution in [2.75, 3.05) is 63.8 Å². The van der Waals surface area contributed by atoms with Gasteiger partial charge in [0.2, 0.25) is 5.91 Å². The first-order chi connectivity index (χ1) is 14.1. The molecule has 29 heavy (non-hydrogen) atoms. The summed E-state index contributed by atoms with van der Waals surface area (Å²) in [5.41, 5.74) is 1.03. The minimum atomic E-state index is -0.0864. The van der Waals surface area contributed by atoms with E-state index in [2.05, 4.69) is 9.80 Å². The molecule has 2 aliphatic heterocycles. The summed E-state index contributed by atoms with van der Waals surface area (Å²) >= 11 is 6.29. The monoisotopic (exact) mass is 416 g/mol. The van der Waals surface area contributed by atoms with E-state index in [1.807, 2.05) is 29.2 Å². The first-order valence-corrected chi connectivity index (χ1v) is 10.3. The van der Waals surface area contributed by atoms with Crippen molar-refractivity contribution in [3.8, 4) is 0 Å². The zero-order valence-corrected chi connectivity index (χ0v) is 17.1. The molecule has 0 radical (unpaired) electrons. The summed E-state index contributed by atoms with van der Waals surface area (Å²) in [5, 5.41) is 0.745. The van der Waals surface area contributed by atoms with Crippen molar-refractivity contribution in [1.82, 2.24) is 14.7 Å². The number of amides is 2. The van der Waals surface area contributed by atoms with Crippen LogP contribution >= 0.6 is 11.6 Å². The third-order valence-electron chi connectivity index (χ3n) is 5.58. The van der Waals surface area contributed by atoms with E-state index in [4.69, 9.17) is 16.0 Å². The minimum absolute atomic E-state index is 0.0864. The predicted octanol–water partition coefficient (Wildman–Crippen LogP) is 2.04. The second-order valence-electron chi connectivity index (χ2n) is 7.36. The van der Waals surface area contributed by atoms with Crippen molar-refractivity contribution in [2.45, 2.75) is 0 Å². The van der Waals surface area contributed by atoms with Gasteiger partial charge in [-0.3, -0.25) is 14.5 Å². The van der Waals surface area contributed by atoms with Crippen LogP contribution in [0.5, 0.6) is 0 Å². The Morgan fingerprint density at radius 2 is 1.55 bits per heavy atom. The maximum atomic E-state index is 12.7. The molecule has 2 aliphatic rings. The van der Waals surface area contributed by atoms with Gasteiger partial charge in [0.05, 0.1) is 23.5 Å². The van der Waals surface area contributed by atoms with Crippen LogP contribution < -0.4 is 4.90 Å². The molecule has 7 nitrogen and oxygen atoms in total. The van der Waals surface area contributed by atoms with E-state index in [1.54, 1.807) is 17.0 Å². The van der Waals surface area contributed by atoms with E-state index in [0.29, 0.717) is 51.6 Å². The highest BCUT2D eigenvalue weighted by Crippen LogP contribution is 2.26. The van der Waals surface area contributed by atoms with Crippen LogP contribution in [-0.2, 0) is 4.79 Å². The van der Waals surface area contributed by atoms with Gasteiger partial charge in [-0.25, -0.2) is 0 Å². The number of carbonyl (C=O) groups excluding carboxylic acids is 2. The van der Waals surface area contributed by atoms with Gasteiger partial charge in [-0.15, -0.1) is 0 Å². The molecule has 1 aromatic carbocycles. The van der Waals surface area contributed by atoms with Crippen molar-refractivity contribution in [3.63, 3.8) is 0 Å². The lowest BCUT2D eigenvalue weighted by Crippen LogP contribution is -2.54. The number of piperazine rings is 2. The molecule has 4 rings (SSSR count). The molecule has 0 aliphatic carbocycles. The molecule has 0 spiro atoms. The summed E-state index contributed by atoms with van der Waals surface area (Å²) in [5.74, 6) is 0.428. The predicted molar refractivity (Wildman–Crippen MR) is 111 cm³/mol. The van der Waals surface area contributed by atoms with Gasteiger partial charge in [0.25, 0.3) is 5.91 Å². The largest absolute Gasteiger partial charge is 0.459 e. The van der Waals surface area contributed by atoms with Crippen LogP contribution in [0.1, 0.15) is 10.6 Å². The summed E-state index contributed by atoms with van der Waals surface area (Å²) in [4.78, 5) is 33.1. The molecule has 1 aromatic heterocycles. The lowest BCUT2D eigenvalue weighted by molar-refractivity contribution is -0.133. The average molecular weight is 417 g/mol. The highest BCUT2D eigenvalue weighted by molar-refractivity contribution is 6.33. The van der Waals surface area contributed by atoms with E-state index < -0.39 is 0 Å². The second-order valence-corrected chi connectivity index (χ2v) is 7.77. The molecule has 8 heteroatoms. The van der Waals surface area contributed by atoms with Crippen molar-refractivity contribution in [2.24, 2.45) is 0 Å². The van der Waals surface area contributed by atoms with E-state index in [1.165, 1.54) is 6.26 Å². The standard InChI is InChI=1S/C21H25ClN4O3/c22-17-4-1-2-5-18(17)24-11-13-25(14-12-24)20(27)16-23-7-9-26(10-8-23)21(28)19-6-3-15-29-19/h1-6,15H,7-14,16H2. The lowest BCUT2D eigenvalue weighted by Gasteiger charge is -2.38. The Labute approximate surface area is 175 Å². The number of carbonyl (C=O) groups is 2. The Balaban J connectivity index is 1.23. The number of rotatable bonds is 4. The van der Waals surface area contributed by atoms with Crippen LogP contribution in [0.15, 0.2) is 47.1 Å². The molecule has 2 saturated heterocycles. The van der Waals surface area contributed by atoms with Crippen LogP contribution in [0.4, 0.5) is 5.69 Å². The fourth-order valence-electron chi connectivity index (χ4n) is 3.86. The fraction of sp³-hybridized carbons (Fsp3) is 0.429. The summed E-state index contributed by atoms with van der Waals surface area (Å²) in [6.07, 6.45) is 1.51. The number of benzene rings is 1. The quantitative estimate of drug-likeness (QED) is 0.763. The van der Waals surface area contributed by atoms with Crippen LogP contribution in [0.2, 0.25) is 5.02 Å². The van der Waals surface area contributed by atoms with Gasteiger partial charge in [0.15, 0.2) is 5.76 Å². The van der Waals surface area contributed by atoms with Gasteiger partial charge in [0, 0.05) is 52.4 Å². The van der Waals surface area contributed by atoms with Gasteiger partial charge < -0.3 is 19.1 Å². The molecular weight excluding hydrogens is 392 g/mol. The maximum Gasteiger partial charge on any atom is 0.289 e. The fourth-order valence-corrected chi connectivity index (χ4v) is 4.12. The first kappa shape index (κ1) is 19.8. The van der Waals surface area contributed by atoms with Crippen LogP contribution in [-0.4, -0.2) is 85.4 Å². The molecule has 0 bridgehead atoms. The summed E-state index contributed by atoms with van der Waals surface area (Å²) in [6, 6.07) is 11.2. The minimum Gasteiger partial charge on any atom is -0.459 e. The molecule has 0 N–H and O–H groups in total. The molecule has 154 valence electrons. The number of hydrogen-bond donors (Lipinski definition) is 0. The van der Waals surface area contributed by atoms with Crippen molar-refractivity contribution in [1.29, 1.82) is 0 Å². The van der Waals surface area contributed by atoms with Gasteiger partial charge in [0.1, 0.15) is 0 Å². The Kier molecular flexibility index (Phi) is 6.06. The molecule has 0 saturated carbocycles. The molecular formula is C21H25ClN4O3. The Hall–Kier alpha value is -2.51. The van der Waals surface area contributed by atoms with Crippen molar-refractivity contribution >= 4 is 29.1 Å². The Morgan fingerprint density at radius 1 is 0.862 bits per heavy atom. The number of furan rings is 1. The maximum absolute atomic E-state index is 12.7. The van der Waals surface area contributed by atoms with E-state index >= 15 is 0 Å². The van der Waals surface area contributed by atoms with Gasteiger partial charge in [-0.1, -0.05) is 23.7 Å². The first-order valence-electron chi connectivity index (χ1n) is 9.94. The number of hydrogen-bond acceptors (Lipinski definition) is 5.